The van der Waals surface area contributed by atoms with Crippen molar-refractivity contribution in [2.24, 2.45) is 5.84 Å². The number of aryl methyl sites for hydroxylation is 1. The predicted molar refractivity (Wildman–Crippen MR) is 76.1 cm³/mol. The highest BCUT2D eigenvalue weighted by Crippen LogP contribution is 2.14. The van der Waals surface area contributed by atoms with E-state index in [1.807, 2.05) is 43.3 Å². The van der Waals surface area contributed by atoms with Crippen molar-refractivity contribution in [1.29, 1.82) is 0 Å². The number of hydrogen-bond acceptors (Lipinski definition) is 5. The smallest absolute Gasteiger partial charge is 0.290 e. The Morgan fingerprint density at radius 1 is 1.30 bits per heavy atom. The van der Waals surface area contributed by atoms with E-state index in [0.29, 0.717) is 12.3 Å². The van der Waals surface area contributed by atoms with Crippen molar-refractivity contribution in [2.45, 2.75) is 13.5 Å². The number of benzene rings is 1. The zero-order chi connectivity index (χ0) is 14.7. The molecule has 1 amide bonds. The van der Waals surface area contributed by atoms with E-state index in [1.54, 1.807) is 13.0 Å². The first-order chi connectivity index (χ1) is 9.47. The minimum absolute atomic E-state index is 0.218. The number of rotatable bonds is 4. The zero-order valence-corrected chi connectivity index (χ0v) is 11.8. The third-order valence-corrected chi connectivity index (χ3v) is 2.91. The monoisotopic (exact) mass is 274 g/mol. The Morgan fingerprint density at radius 3 is 2.45 bits per heavy atom. The van der Waals surface area contributed by atoms with Crippen LogP contribution in [0.15, 0.2) is 34.9 Å². The summed E-state index contributed by atoms with van der Waals surface area (Å²) in [6, 6.07) is 9.41. The number of carbonyl (C=O) groups excluding carboxylic acids is 1. The van der Waals surface area contributed by atoms with E-state index in [1.165, 1.54) is 0 Å². The molecule has 2 N–H and O–H groups in total. The molecule has 1 aromatic carbocycles. The number of nitrogens with two attached hydrogens (primary N) is 1. The molecule has 0 spiro atoms. The average Bonchev–Trinajstić information content (AvgIpc) is 2.85. The second kappa shape index (κ2) is 5.75. The van der Waals surface area contributed by atoms with Gasteiger partial charge in [0.05, 0.1) is 6.54 Å². The molecule has 0 aliphatic carbocycles. The van der Waals surface area contributed by atoms with Crippen LogP contribution >= 0.6 is 0 Å². The fraction of sp³-hybridized carbons (Fsp3) is 0.286. The van der Waals surface area contributed by atoms with Gasteiger partial charge in [-0.25, -0.2) is 5.84 Å². The first kappa shape index (κ1) is 14.1. The lowest BCUT2D eigenvalue weighted by Gasteiger charge is -2.16. The topological polar surface area (TPSA) is 75.6 Å². The molecule has 2 rings (SSSR count). The van der Waals surface area contributed by atoms with E-state index < -0.39 is 0 Å². The summed E-state index contributed by atoms with van der Waals surface area (Å²) in [5.41, 5.74) is 2.26. The molecule has 0 aliphatic heterocycles. The number of anilines is 1. The van der Waals surface area contributed by atoms with Crippen LogP contribution in [0.4, 0.5) is 5.69 Å². The summed E-state index contributed by atoms with van der Waals surface area (Å²) in [4.78, 5) is 14.0. The Bertz CT molecular complexity index is 589. The zero-order valence-electron chi connectivity index (χ0n) is 11.8. The normalized spacial score (nSPS) is 10.4. The summed E-state index contributed by atoms with van der Waals surface area (Å²) < 4.78 is 4.87. The Morgan fingerprint density at radius 2 is 1.95 bits per heavy atom. The van der Waals surface area contributed by atoms with Gasteiger partial charge in [0.2, 0.25) is 0 Å². The maximum absolute atomic E-state index is 12.0. The van der Waals surface area contributed by atoms with E-state index in [2.05, 4.69) is 5.16 Å². The van der Waals surface area contributed by atoms with Gasteiger partial charge in [-0.05, 0) is 24.6 Å². The molecule has 1 aromatic heterocycles. The molecule has 20 heavy (non-hydrogen) atoms. The van der Waals surface area contributed by atoms with Crippen molar-refractivity contribution < 1.29 is 9.32 Å². The van der Waals surface area contributed by atoms with E-state index in [-0.39, 0.29) is 11.6 Å². The van der Waals surface area contributed by atoms with Crippen molar-refractivity contribution in [1.82, 2.24) is 10.2 Å². The molecule has 1 heterocycles. The average molecular weight is 274 g/mol. The highest BCUT2D eigenvalue weighted by Gasteiger charge is 2.16. The molecule has 0 fully saturated rings. The lowest BCUT2D eigenvalue weighted by Crippen LogP contribution is -2.36. The first-order valence-corrected chi connectivity index (χ1v) is 6.23. The number of amides is 1. The molecule has 6 heteroatoms. The molecule has 0 aliphatic rings. The molecule has 0 atom stereocenters. The molecule has 0 unspecified atom stereocenters. The van der Waals surface area contributed by atoms with Gasteiger partial charge in [-0.2, -0.15) is 0 Å². The van der Waals surface area contributed by atoms with Crippen LogP contribution in [-0.4, -0.2) is 30.2 Å². The lowest BCUT2D eigenvalue weighted by atomic mass is 10.2. The van der Waals surface area contributed by atoms with Crippen LogP contribution in [0.2, 0.25) is 0 Å². The fourth-order valence-electron chi connectivity index (χ4n) is 1.78. The number of hydrazine groups is 1. The highest BCUT2D eigenvalue weighted by atomic mass is 16.5. The summed E-state index contributed by atoms with van der Waals surface area (Å²) in [7, 11) is 3.95. The van der Waals surface area contributed by atoms with E-state index in [9.17, 15) is 4.79 Å². The van der Waals surface area contributed by atoms with Crippen LogP contribution in [0.25, 0.3) is 0 Å². The molecular formula is C14H18N4O2. The Kier molecular flexibility index (Phi) is 4.05. The van der Waals surface area contributed by atoms with Crippen molar-refractivity contribution in [2.75, 3.05) is 19.0 Å². The van der Waals surface area contributed by atoms with E-state index >= 15 is 0 Å². The molecular weight excluding hydrogens is 256 g/mol. The Balaban J connectivity index is 2.03. The molecule has 0 bridgehead atoms. The summed E-state index contributed by atoms with van der Waals surface area (Å²) in [5.74, 6) is 6.00. The standard InChI is InChI=1S/C14H18N4O2/c1-10-8-13(16-20-10)14(19)18(15)9-11-4-6-12(7-5-11)17(2)3/h4-8H,9,15H2,1-3H3. The van der Waals surface area contributed by atoms with Crippen molar-refractivity contribution in [3.63, 3.8) is 0 Å². The second-order valence-corrected chi connectivity index (χ2v) is 4.82. The molecule has 106 valence electrons. The summed E-state index contributed by atoms with van der Waals surface area (Å²) in [6.07, 6.45) is 0. The minimum Gasteiger partial charge on any atom is -0.378 e. The quantitative estimate of drug-likeness (QED) is 0.520. The van der Waals surface area contributed by atoms with Gasteiger partial charge in [0, 0.05) is 25.8 Å². The molecule has 0 saturated carbocycles. The van der Waals surface area contributed by atoms with Gasteiger partial charge in [0.15, 0.2) is 5.69 Å². The number of hydrogen-bond donors (Lipinski definition) is 1. The van der Waals surface area contributed by atoms with Gasteiger partial charge in [0.25, 0.3) is 5.91 Å². The Labute approximate surface area is 117 Å². The molecule has 6 nitrogen and oxygen atoms in total. The van der Waals surface area contributed by atoms with Crippen LogP contribution in [-0.2, 0) is 6.54 Å². The van der Waals surface area contributed by atoms with Gasteiger partial charge in [-0.1, -0.05) is 17.3 Å². The van der Waals surface area contributed by atoms with E-state index in [0.717, 1.165) is 16.3 Å². The van der Waals surface area contributed by atoms with Gasteiger partial charge in [0.1, 0.15) is 5.76 Å². The van der Waals surface area contributed by atoms with E-state index in [4.69, 9.17) is 10.4 Å². The van der Waals surface area contributed by atoms with Crippen LogP contribution in [0, 0.1) is 6.92 Å². The third-order valence-electron chi connectivity index (χ3n) is 2.91. The van der Waals surface area contributed by atoms with Crippen LogP contribution in [0.5, 0.6) is 0 Å². The van der Waals surface area contributed by atoms with Crippen LogP contribution < -0.4 is 10.7 Å². The summed E-state index contributed by atoms with van der Waals surface area (Å²) >= 11 is 0. The van der Waals surface area contributed by atoms with Crippen molar-refractivity contribution >= 4 is 11.6 Å². The van der Waals surface area contributed by atoms with Gasteiger partial charge >= 0.3 is 0 Å². The highest BCUT2D eigenvalue weighted by molar-refractivity contribution is 5.91. The molecule has 2 aromatic rings. The fourth-order valence-corrected chi connectivity index (χ4v) is 1.78. The number of carbonyl (C=O) groups is 1. The number of nitrogens with zero attached hydrogens (tertiary/aromatic N) is 3. The first-order valence-electron chi connectivity index (χ1n) is 6.23. The van der Waals surface area contributed by atoms with Gasteiger partial charge in [-0.15, -0.1) is 0 Å². The number of aromatic nitrogens is 1. The van der Waals surface area contributed by atoms with Crippen LogP contribution in [0.1, 0.15) is 21.8 Å². The second-order valence-electron chi connectivity index (χ2n) is 4.82. The maximum Gasteiger partial charge on any atom is 0.290 e. The lowest BCUT2D eigenvalue weighted by molar-refractivity contribution is 0.0732. The molecule has 0 saturated heterocycles. The summed E-state index contributed by atoms with van der Waals surface area (Å²) in [5, 5.41) is 4.79. The summed E-state index contributed by atoms with van der Waals surface area (Å²) in [6.45, 7) is 2.04. The minimum atomic E-state index is -0.362. The van der Waals surface area contributed by atoms with Gasteiger partial charge in [-0.3, -0.25) is 9.80 Å². The Hall–Kier alpha value is -2.34. The molecule has 0 radical (unpaired) electrons. The predicted octanol–water partition coefficient (Wildman–Crippen LogP) is 1.57. The SMILES string of the molecule is Cc1cc(C(=O)N(N)Cc2ccc(N(C)C)cc2)no1. The third kappa shape index (κ3) is 3.16. The van der Waals surface area contributed by atoms with Crippen molar-refractivity contribution in [3.8, 4) is 0 Å². The van der Waals surface area contributed by atoms with Gasteiger partial charge < -0.3 is 9.42 Å². The van der Waals surface area contributed by atoms with Crippen LogP contribution in [0.3, 0.4) is 0 Å². The maximum atomic E-state index is 12.0. The largest absolute Gasteiger partial charge is 0.378 e. The van der Waals surface area contributed by atoms with Crippen molar-refractivity contribution in [3.05, 3.63) is 47.3 Å².